The number of amides is 1. The van der Waals surface area contributed by atoms with Crippen molar-refractivity contribution in [2.75, 3.05) is 6.61 Å². The Balaban J connectivity index is 1.61. The van der Waals surface area contributed by atoms with Crippen molar-refractivity contribution in [2.24, 2.45) is 11.3 Å². The van der Waals surface area contributed by atoms with Crippen LogP contribution >= 0.6 is 11.6 Å². The first-order chi connectivity index (χ1) is 17.8. The lowest BCUT2D eigenvalue weighted by molar-refractivity contribution is 0.0167. The maximum atomic E-state index is 11.4. The molecule has 206 valence electrons. The second kappa shape index (κ2) is 11.2. The zero-order chi connectivity index (χ0) is 27.7. The van der Waals surface area contributed by atoms with E-state index < -0.39 is 14.2 Å². The summed E-state index contributed by atoms with van der Waals surface area (Å²) in [4.78, 5) is 24.7. The summed E-state index contributed by atoms with van der Waals surface area (Å²) in [5, 5.41) is 12.9. The van der Waals surface area contributed by atoms with Crippen LogP contribution in [0.15, 0.2) is 30.7 Å². The third kappa shape index (κ3) is 6.84. The Morgan fingerprint density at radius 2 is 2.03 bits per heavy atom. The van der Waals surface area contributed by atoms with E-state index in [1.807, 2.05) is 43.7 Å². The van der Waals surface area contributed by atoms with E-state index in [-0.39, 0.29) is 28.8 Å². The number of fused-ring (bicyclic) bond motifs is 1. The van der Waals surface area contributed by atoms with Crippen molar-refractivity contribution in [1.29, 1.82) is 0 Å². The minimum absolute atomic E-state index is 0.0997. The fourth-order valence-electron chi connectivity index (χ4n) is 4.90. The highest BCUT2D eigenvalue weighted by atomic mass is 35.5. The molecule has 3 aromatic rings. The molecule has 38 heavy (non-hydrogen) atoms. The van der Waals surface area contributed by atoms with Crippen molar-refractivity contribution < 1.29 is 19.4 Å². The number of rotatable bonds is 10. The molecular formula is C27H38ClN5O4Si. The molecule has 4 rings (SSSR count). The Morgan fingerprint density at radius 3 is 2.63 bits per heavy atom. The first kappa shape index (κ1) is 28.3. The fraction of sp³-hybridized carbons (Fsp3) is 0.556. The third-order valence-corrected chi connectivity index (χ3v) is 8.82. The number of pyridine rings is 1. The van der Waals surface area contributed by atoms with Crippen LogP contribution in [0.5, 0.6) is 5.88 Å². The van der Waals surface area contributed by atoms with Crippen LogP contribution in [0.3, 0.4) is 0 Å². The lowest BCUT2D eigenvalue weighted by atomic mass is 9.68. The predicted octanol–water partition coefficient (Wildman–Crippen LogP) is 6.30. The molecule has 11 heteroatoms. The highest BCUT2D eigenvalue weighted by molar-refractivity contribution is 6.76. The molecule has 3 aromatic heterocycles. The van der Waals surface area contributed by atoms with E-state index in [0.717, 1.165) is 22.6 Å². The molecule has 3 heterocycles. The van der Waals surface area contributed by atoms with Gasteiger partial charge in [0.05, 0.1) is 5.39 Å². The Morgan fingerprint density at radius 1 is 1.29 bits per heavy atom. The molecule has 0 aliphatic heterocycles. The number of carbonyl (C=O) groups is 1. The molecule has 1 atom stereocenters. The van der Waals surface area contributed by atoms with Gasteiger partial charge in [0.25, 0.3) is 0 Å². The lowest BCUT2D eigenvalue weighted by Crippen LogP contribution is -2.54. The highest BCUT2D eigenvalue weighted by Crippen LogP contribution is 2.42. The van der Waals surface area contributed by atoms with Crippen LogP contribution < -0.4 is 10.1 Å². The molecule has 1 unspecified atom stereocenters. The quantitative estimate of drug-likeness (QED) is 0.170. The number of nitrogens with one attached hydrogen (secondary N) is 1. The number of hydrogen-bond donors (Lipinski definition) is 2. The van der Waals surface area contributed by atoms with Crippen LogP contribution in [0.2, 0.25) is 31.0 Å². The molecule has 0 aromatic carbocycles. The minimum atomic E-state index is -1.21. The first-order valence-electron chi connectivity index (χ1n) is 13.0. The van der Waals surface area contributed by atoms with E-state index >= 15 is 0 Å². The molecular weight excluding hydrogens is 522 g/mol. The summed E-state index contributed by atoms with van der Waals surface area (Å²) in [6, 6.07) is 4.77. The monoisotopic (exact) mass is 559 g/mol. The molecule has 2 N–H and O–H groups in total. The summed E-state index contributed by atoms with van der Waals surface area (Å²) < 4.78 is 14.4. The first-order valence-corrected chi connectivity index (χ1v) is 17.1. The summed E-state index contributed by atoms with van der Waals surface area (Å²) in [6.45, 7) is 14.1. The topological polar surface area (TPSA) is 111 Å². The molecule has 9 nitrogen and oxygen atoms in total. The van der Waals surface area contributed by atoms with Crippen molar-refractivity contribution >= 4 is 36.8 Å². The average Bonchev–Trinajstić information content (AvgIpc) is 3.15. The van der Waals surface area contributed by atoms with Gasteiger partial charge in [-0.1, -0.05) is 46.5 Å². The number of nitrogens with zero attached hydrogens (tertiary/aromatic N) is 4. The maximum Gasteiger partial charge on any atom is 0.404 e. The van der Waals surface area contributed by atoms with Crippen molar-refractivity contribution in [3.8, 4) is 17.0 Å². The summed E-state index contributed by atoms with van der Waals surface area (Å²) in [5.74, 6) is 0.590. The van der Waals surface area contributed by atoms with Gasteiger partial charge in [-0.2, -0.15) is 9.97 Å². The van der Waals surface area contributed by atoms with Gasteiger partial charge >= 0.3 is 6.09 Å². The van der Waals surface area contributed by atoms with E-state index in [9.17, 15) is 9.90 Å². The van der Waals surface area contributed by atoms with Gasteiger partial charge in [0.15, 0.2) is 5.65 Å². The molecule has 0 radical (unpaired) electrons. The summed E-state index contributed by atoms with van der Waals surface area (Å²) in [6.07, 6.45) is 5.85. The van der Waals surface area contributed by atoms with Gasteiger partial charge in [-0.05, 0) is 47.9 Å². The predicted molar refractivity (Wildman–Crippen MR) is 151 cm³/mol. The SMILES string of the molecule is CC(C)(C)C(NC(=O)O)[C@H]1C[C@H](Oc2nc(Cl)nc3c2c(-c2cccnc2)cn3COCC[Si](C)(C)C)C1. The second-order valence-electron chi connectivity index (χ2n) is 12.4. The third-order valence-electron chi connectivity index (χ3n) is 6.95. The van der Waals surface area contributed by atoms with Gasteiger partial charge in [0.1, 0.15) is 12.8 Å². The van der Waals surface area contributed by atoms with Gasteiger partial charge in [0.2, 0.25) is 11.2 Å². The molecule has 1 amide bonds. The maximum absolute atomic E-state index is 11.4. The molecule has 0 bridgehead atoms. The van der Waals surface area contributed by atoms with Crippen LogP contribution in [0, 0.1) is 11.3 Å². The Labute approximate surface area is 229 Å². The van der Waals surface area contributed by atoms with Crippen molar-refractivity contribution in [3.05, 3.63) is 36.0 Å². The average molecular weight is 560 g/mol. The van der Waals surface area contributed by atoms with E-state index in [4.69, 9.17) is 21.1 Å². The molecule has 0 spiro atoms. The Kier molecular flexibility index (Phi) is 8.34. The second-order valence-corrected chi connectivity index (χ2v) is 18.3. The van der Waals surface area contributed by atoms with Crippen LogP contribution in [-0.4, -0.2) is 57.5 Å². The number of ether oxygens (including phenoxy) is 2. The Bertz CT molecular complexity index is 1270. The molecule has 1 aliphatic carbocycles. The molecule has 1 fully saturated rings. The van der Waals surface area contributed by atoms with Gasteiger partial charge in [-0.25, -0.2) is 4.79 Å². The van der Waals surface area contributed by atoms with Gasteiger partial charge in [0, 0.05) is 50.4 Å². The van der Waals surface area contributed by atoms with E-state index in [0.29, 0.717) is 37.7 Å². The van der Waals surface area contributed by atoms with Crippen molar-refractivity contribution in [1.82, 2.24) is 24.8 Å². The van der Waals surface area contributed by atoms with E-state index in [1.165, 1.54) is 0 Å². The molecule has 1 aliphatic rings. The Hall–Kier alpha value is -2.69. The number of halogens is 1. The van der Waals surface area contributed by atoms with Crippen molar-refractivity contribution in [3.63, 3.8) is 0 Å². The summed E-state index contributed by atoms with van der Waals surface area (Å²) >= 11 is 6.37. The summed E-state index contributed by atoms with van der Waals surface area (Å²) in [7, 11) is -1.21. The van der Waals surface area contributed by atoms with Crippen LogP contribution in [0.4, 0.5) is 4.79 Å². The standard InChI is InChI=1S/C27H38ClN5O4Si/c1-27(2,3)22(30-26(34)35)18-12-19(13-18)37-24-21-20(17-8-7-9-29-14-17)15-33(23(21)31-25(28)32-24)16-36-10-11-38(4,5)6/h7-9,14-15,18-19,22,30H,10-13,16H2,1-6H3,(H,34,35)/t18-,19-,22?. The number of carboxylic acid groups (broad SMARTS) is 1. The number of hydrogen-bond acceptors (Lipinski definition) is 6. The van der Waals surface area contributed by atoms with Crippen LogP contribution in [0.25, 0.3) is 22.2 Å². The minimum Gasteiger partial charge on any atom is -0.474 e. The van der Waals surface area contributed by atoms with E-state index in [2.05, 4.69) is 39.9 Å². The zero-order valence-electron chi connectivity index (χ0n) is 23.0. The normalized spacial score (nSPS) is 18.7. The van der Waals surface area contributed by atoms with Crippen LogP contribution in [-0.2, 0) is 11.5 Å². The largest absolute Gasteiger partial charge is 0.474 e. The smallest absolute Gasteiger partial charge is 0.404 e. The lowest BCUT2D eigenvalue weighted by Gasteiger charge is -2.45. The highest BCUT2D eigenvalue weighted by Gasteiger charge is 2.43. The van der Waals surface area contributed by atoms with Crippen LogP contribution in [0.1, 0.15) is 33.6 Å². The van der Waals surface area contributed by atoms with Crippen molar-refractivity contribution in [2.45, 2.75) is 78.2 Å². The fourth-order valence-corrected chi connectivity index (χ4v) is 5.82. The van der Waals surface area contributed by atoms with E-state index in [1.54, 1.807) is 12.4 Å². The number of aromatic nitrogens is 4. The van der Waals surface area contributed by atoms with Gasteiger partial charge in [-0.3, -0.25) is 4.98 Å². The molecule has 1 saturated carbocycles. The summed E-state index contributed by atoms with van der Waals surface area (Å²) in [5.41, 5.74) is 2.24. The van der Waals surface area contributed by atoms with Gasteiger partial charge < -0.3 is 24.5 Å². The zero-order valence-corrected chi connectivity index (χ0v) is 24.7. The van der Waals surface area contributed by atoms with Gasteiger partial charge in [-0.15, -0.1) is 0 Å². The molecule has 0 saturated heterocycles.